The van der Waals surface area contributed by atoms with Crippen molar-refractivity contribution in [2.75, 3.05) is 10.3 Å². The fraction of sp³-hybridized carbons (Fsp3) is 0.211. The predicted molar refractivity (Wildman–Crippen MR) is 189 cm³/mol. The molecule has 0 bridgehead atoms. The Balaban J connectivity index is 1.31. The van der Waals surface area contributed by atoms with Gasteiger partial charge in [-0.15, -0.1) is 0 Å². The number of benzene rings is 4. The van der Waals surface area contributed by atoms with Gasteiger partial charge in [0.05, 0.1) is 34.5 Å². The van der Waals surface area contributed by atoms with Gasteiger partial charge in [-0.2, -0.15) is 5.01 Å². The molecule has 11 heteroatoms. The van der Waals surface area contributed by atoms with Crippen LogP contribution in [0.15, 0.2) is 109 Å². The van der Waals surface area contributed by atoms with Gasteiger partial charge >= 0.3 is 0 Å². The molecule has 0 spiro atoms. The fourth-order valence-electron chi connectivity index (χ4n) is 8.54. The number of phenols is 1. The van der Waals surface area contributed by atoms with Gasteiger partial charge in [0.25, 0.3) is 11.8 Å². The summed E-state index contributed by atoms with van der Waals surface area (Å²) < 4.78 is 14.8. The average molecular weight is 788 g/mol. The highest BCUT2D eigenvalue weighted by Crippen LogP contribution is 2.64. The minimum absolute atomic E-state index is 0.0315. The quantitative estimate of drug-likeness (QED) is 0.129. The molecule has 246 valence electrons. The van der Waals surface area contributed by atoms with Crippen molar-refractivity contribution in [1.29, 1.82) is 0 Å². The largest absolute Gasteiger partial charge is 0.508 e. The van der Waals surface area contributed by atoms with Gasteiger partial charge in [0.15, 0.2) is 0 Å². The third-order valence-corrected chi connectivity index (χ3v) is 11.5. The van der Waals surface area contributed by atoms with Crippen molar-refractivity contribution in [1.82, 2.24) is 5.01 Å². The molecule has 3 fully saturated rings. The lowest BCUT2D eigenvalue weighted by Crippen LogP contribution is -2.53. The number of hydrazine groups is 1. The Morgan fingerprint density at radius 2 is 1.49 bits per heavy atom. The molecule has 49 heavy (non-hydrogen) atoms. The number of carbonyl (C=O) groups is 4. The first-order valence-corrected chi connectivity index (χ1v) is 17.3. The molecule has 4 aliphatic rings. The van der Waals surface area contributed by atoms with E-state index in [0.717, 1.165) is 14.2 Å². The summed E-state index contributed by atoms with van der Waals surface area (Å²) in [6.45, 7) is 0. The Kier molecular flexibility index (Phi) is 7.64. The number of carbonyl (C=O) groups excluding carboxylic acids is 4. The van der Waals surface area contributed by atoms with Gasteiger partial charge in [-0.25, -0.2) is 4.39 Å². The van der Waals surface area contributed by atoms with Crippen molar-refractivity contribution in [3.05, 3.63) is 134 Å². The number of imide groups is 2. The standard InChI is InChI=1S/C38H28ClFIN3O5/c39-22-5-3-21(4-6-22)38-31(35(47)44(37(38)49)42-25-11-7-23(40)8-12-25)19-30-28(33(38)20-1-15-27(45)16-2-20)17-18-29-32(30)36(48)43(34(29)46)26-13-9-24(41)10-14-26/h1-17,29-33,42,45H,18-19H2. The maximum atomic E-state index is 15.1. The highest BCUT2D eigenvalue weighted by atomic mass is 127. The summed E-state index contributed by atoms with van der Waals surface area (Å²) in [4.78, 5) is 59.3. The van der Waals surface area contributed by atoms with E-state index in [0.29, 0.717) is 27.5 Å². The lowest BCUT2D eigenvalue weighted by Gasteiger charge is -2.50. The second-order valence-corrected chi connectivity index (χ2v) is 14.6. The van der Waals surface area contributed by atoms with Crippen LogP contribution in [0, 0.1) is 33.1 Å². The Hall–Kier alpha value is -4.55. The van der Waals surface area contributed by atoms with E-state index in [1.165, 1.54) is 41.3 Å². The number of halogens is 3. The number of hydrogen-bond donors (Lipinski definition) is 2. The number of anilines is 2. The van der Waals surface area contributed by atoms with Gasteiger partial charge in [0.2, 0.25) is 11.8 Å². The number of rotatable bonds is 5. The molecule has 4 amide bonds. The summed E-state index contributed by atoms with van der Waals surface area (Å²) in [5.74, 6) is -5.65. The van der Waals surface area contributed by atoms with Crippen LogP contribution in [0.1, 0.15) is 29.9 Å². The van der Waals surface area contributed by atoms with Crippen LogP contribution in [0.3, 0.4) is 0 Å². The van der Waals surface area contributed by atoms with Crippen LogP contribution < -0.4 is 10.3 Å². The molecule has 4 aromatic carbocycles. The van der Waals surface area contributed by atoms with Gasteiger partial charge in [-0.1, -0.05) is 47.5 Å². The highest BCUT2D eigenvalue weighted by Gasteiger charge is 2.70. The smallest absolute Gasteiger partial charge is 0.260 e. The summed E-state index contributed by atoms with van der Waals surface area (Å²) in [5.41, 5.74) is 4.33. The Labute approximate surface area is 299 Å². The van der Waals surface area contributed by atoms with Crippen molar-refractivity contribution in [2.24, 2.45) is 23.7 Å². The molecule has 4 aromatic rings. The molecule has 0 radical (unpaired) electrons. The Morgan fingerprint density at radius 1 is 0.816 bits per heavy atom. The van der Waals surface area contributed by atoms with Crippen LogP contribution in [0.4, 0.5) is 15.8 Å². The van der Waals surface area contributed by atoms with E-state index in [1.54, 1.807) is 48.5 Å². The third kappa shape index (κ3) is 4.82. The van der Waals surface area contributed by atoms with Crippen LogP contribution in [0.5, 0.6) is 5.75 Å². The van der Waals surface area contributed by atoms with Crippen molar-refractivity contribution in [3.63, 3.8) is 0 Å². The molecule has 8 nitrogen and oxygen atoms in total. The van der Waals surface area contributed by atoms with E-state index < -0.39 is 52.6 Å². The van der Waals surface area contributed by atoms with E-state index in [2.05, 4.69) is 28.0 Å². The van der Waals surface area contributed by atoms with Gasteiger partial charge in [0, 0.05) is 14.5 Å². The predicted octanol–water partition coefficient (Wildman–Crippen LogP) is 6.98. The van der Waals surface area contributed by atoms with Crippen LogP contribution in [-0.2, 0) is 24.6 Å². The molecule has 6 atom stereocenters. The summed E-state index contributed by atoms with van der Waals surface area (Å²) >= 11 is 8.50. The monoisotopic (exact) mass is 787 g/mol. The minimum atomic E-state index is -1.48. The highest BCUT2D eigenvalue weighted by molar-refractivity contribution is 14.1. The molecule has 2 saturated heterocycles. The van der Waals surface area contributed by atoms with Crippen LogP contribution in [0.2, 0.25) is 5.02 Å². The molecule has 2 heterocycles. The van der Waals surface area contributed by atoms with Gasteiger partial charge in [-0.05, 0) is 125 Å². The summed E-state index contributed by atoms with van der Waals surface area (Å²) in [7, 11) is 0. The minimum Gasteiger partial charge on any atom is -0.508 e. The molecule has 6 unspecified atom stereocenters. The zero-order valence-corrected chi connectivity index (χ0v) is 28.6. The normalized spacial score (nSPS) is 27.5. The first-order chi connectivity index (χ1) is 23.6. The van der Waals surface area contributed by atoms with E-state index in [4.69, 9.17) is 11.6 Å². The molecule has 1 saturated carbocycles. The second kappa shape index (κ2) is 11.8. The molecular formula is C38H28ClFIN3O5. The summed E-state index contributed by atoms with van der Waals surface area (Å²) in [5, 5.41) is 11.7. The lowest BCUT2D eigenvalue weighted by atomic mass is 9.49. The van der Waals surface area contributed by atoms with Gasteiger partial charge in [0.1, 0.15) is 11.6 Å². The van der Waals surface area contributed by atoms with E-state index in [-0.39, 0.29) is 30.4 Å². The topological polar surface area (TPSA) is 107 Å². The average Bonchev–Trinajstić information content (AvgIpc) is 3.48. The second-order valence-electron chi connectivity index (χ2n) is 13.0. The number of allylic oxidation sites excluding steroid dienone is 2. The number of phenolic OH excluding ortho intramolecular Hbond substituents is 1. The van der Waals surface area contributed by atoms with E-state index in [1.807, 2.05) is 18.2 Å². The summed E-state index contributed by atoms with van der Waals surface area (Å²) in [6, 6.07) is 26.0. The fourth-order valence-corrected chi connectivity index (χ4v) is 9.03. The van der Waals surface area contributed by atoms with Crippen LogP contribution >= 0.6 is 34.2 Å². The first-order valence-electron chi connectivity index (χ1n) is 15.9. The molecule has 0 aromatic heterocycles. The number of hydrogen-bond acceptors (Lipinski definition) is 6. The van der Waals surface area contributed by atoms with E-state index >= 15 is 4.79 Å². The van der Waals surface area contributed by atoms with Crippen molar-refractivity contribution in [3.8, 4) is 5.75 Å². The number of amides is 4. The molecule has 8 rings (SSSR count). The molecule has 2 aliphatic carbocycles. The number of aromatic hydroxyl groups is 1. The lowest BCUT2D eigenvalue weighted by molar-refractivity contribution is -0.138. The van der Waals surface area contributed by atoms with Gasteiger partial charge in [-0.3, -0.25) is 29.5 Å². The van der Waals surface area contributed by atoms with Gasteiger partial charge < -0.3 is 5.11 Å². The van der Waals surface area contributed by atoms with Crippen molar-refractivity contribution >= 4 is 69.2 Å². The van der Waals surface area contributed by atoms with E-state index in [9.17, 15) is 23.9 Å². The number of fused-ring (bicyclic) bond motifs is 4. The number of nitrogens with zero attached hydrogens (tertiary/aromatic N) is 2. The summed E-state index contributed by atoms with van der Waals surface area (Å²) in [6.07, 6.45) is 2.40. The van der Waals surface area contributed by atoms with Crippen molar-refractivity contribution in [2.45, 2.75) is 24.2 Å². The zero-order chi connectivity index (χ0) is 34.2. The zero-order valence-electron chi connectivity index (χ0n) is 25.7. The molecule has 2 N–H and O–H groups in total. The maximum absolute atomic E-state index is 15.1. The molecular weight excluding hydrogens is 760 g/mol. The Morgan fingerprint density at radius 3 is 2.16 bits per heavy atom. The van der Waals surface area contributed by atoms with Crippen LogP contribution in [0.25, 0.3) is 0 Å². The molecule has 2 aliphatic heterocycles. The van der Waals surface area contributed by atoms with Crippen LogP contribution in [-0.4, -0.2) is 33.7 Å². The maximum Gasteiger partial charge on any atom is 0.260 e. The number of nitrogens with one attached hydrogen (secondary N) is 1. The first kappa shape index (κ1) is 31.7. The SMILES string of the molecule is O=C1C2CC3C(=CCC4C(=O)N(c5ccc(I)cc5)C(=O)C43)C(c3ccc(O)cc3)C2(c2ccc(Cl)cc2)C(=O)N1Nc1ccc(F)cc1. The Bertz CT molecular complexity index is 2060. The van der Waals surface area contributed by atoms with Crippen molar-refractivity contribution < 1.29 is 28.7 Å². The third-order valence-electron chi connectivity index (χ3n) is 10.6.